The molecule has 0 saturated carbocycles. The van der Waals surface area contributed by atoms with Crippen LogP contribution in [0.3, 0.4) is 0 Å². The lowest BCUT2D eigenvalue weighted by Crippen LogP contribution is -2.51. The molecule has 0 spiro atoms. The molecule has 96 valence electrons. The minimum absolute atomic E-state index is 0.186. The molecule has 17 heavy (non-hydrogen) atoms. The molecule has 1 saturated heterocycles. The first-order chi connectivity index (χ1) is 7.93. The van der Waals surface area contributed by atoms with Crippen LogP contribution in [0.2, 0.25) is 0 Å². The summed E-state index contributed by atoms with van der Waals surface area (Å²) in [5, 5.41) is 9.90. The predicted molar refractivity (Wildman–Crippen MR) is 64.3 cm³/mol. The third-order valence-electron chi connectivity index (χ3n) is 2.99. The smallest absolute Gasteiger partial charge is 0.246 e. The molecule has 2 rings (SSSR count). The number of aromatic amines is 1. The summed E-state index contributed by atoms with van der Waals surface area (Å²) >= 11 is 0. The van der Waals surface area contributed by atoms with Crippen LogP contribution < -0.4 is 5.32 Å². The van der Waals surface area contributed by atoms with Crippen molar-refractivity contribution in [3.05, 3.63) is 11.4 Å². The van der Waals surface area contributed by atoms with Crippen LogP contribution in [0, 0.1) is 13.8 Å². The molecule has 1 fully saturated rings. The molecule has 2 N–H and O–H groups in total. The maximum absolute atomic E-state index is 12.5. The van der Waals surface area contributed by atoms with E-state index in [0.717, 1.165) is 0 Å². The van der Waals surface area contributed by atoms with E-state index in [0.29, 0.717) is 35.9 Å². The monoisotopic (exact) mass is 258 g/mol. The molecular weight excluding hydrogens is 240 g/mol. The minimum Gasteiger partial charge on any atom is -0.312 e. The summed E-state index contributed by atoms with van der Waals surface area (Å²) in [6.07, 6.45) is 0. The van der Waals surface area contributed by atoms with Crippen molar-refractivity contribution in [1.82, 2.24) is 19.8 Å². The highest BCUT2D eigenvalue weighted by Gasteiger charge is 2.32. The average Bonchev–Trinajstić information content (AvgIpc) is 2.59. The van der Waals surface area contributed by atoms with Crippen molar-refractivity contribution in [2.24, 2.45) is 0 Å². The number of aromatic nitrogens is 2. The molecule has 6 nitrogen and oxygen atoms in total. The Hall–Kier alpha value is -0.920. The Morgan fingerprint density at radius 1 is 1.41 bits per heavy atom. The summed E-state index contributed by atoms with van der Waals surface area (Å²) in [6, 6.07) is 0.186. The van der Waals surface area contributed by atoms with Gasteiger partial charge < -0.3 is 5.32 Å². The lowest BCUT2D eigenvalue weighted by molar-refractivity contribution is 0.310. The van der Waals surface area contributed by atoms with Crippen LogP contribution in [0.4, 0.5) is 0 Å². The largest absolute Gasteiger partial charge is 0.312 e. The van der Waals surface area contributed by atoms with Gasteiger partial charge in [0.2, 0.25) is 10.0 Å². The van der Waals surface area contributed by atoms with Gasteiger partial charge in [-0.1, -0.05) is 0 Å². The van der Waals surface area contributed by atoms with Crippen molar-refractivity contribution >= 4 is 10.0 Å². The van der Waals surface area contributed by atoms with E-state index in [9.17, 15) is 8.42 Å². The summed E-state index contributed by atoms with van der Waals surface area (Å²) < 4.78 is 26.5. The Bertz CT molecular complexity index is 489. The molecule has 1 unspecified atom stereocenters. The molecule has 1 aliphatic heterocycles. The number of rotatable bonds is 2. The summed E-state index contributed by atoms with van der Waals surface area (Å²) in [6.45, 7) is 7.14. The lowest BCUT2D eigenvalue weighted by atomic mass is 10.3. The fraction of sp³-hybridized carbons (Fsp3) is 0.700. The first-order valence-electron chi connectivity index (χ1n) is 5.68. The van der Waals surface area contributed by atoms with E-state index < -0.39 is 10.0 Å². The van der Waals surface area contributed by atoms with E-state index in [1.165, 1.54) is 4.31 Å². The molecular formula is C10H18N4O2S. The van der Waals surface area contributed by atoms with E-state index >= 15 is 0 Å². The number of aryl methyl sites for hydroxylation is 2. The van der Waals surface area contributed by atoms with Crippen LogP contribution >= 0.6 is 0 Å². The van der Waals surface area contributed by atoms with Gasteiger partial charge in [0.25, 0.3) is 0 Å². The second-order valence-electron chi connectivity index (χ2n) is 4.48. The van der Waals surface area contributed by atoms with Crippen molar-refractivity contribution in [3.8, 4) is 0 Å². The number of H-pyrrole nitrogens is 1. The zero-order valence-corrected chi connectivity index (χ0v) is 11.1. The average molecular weight is 258 g/mol. The van der Waals surface area contributed by atoms with Crippen LogP contribution in [-0.4, -0.2) is 48.6 Å². The van der Waals surface area contributed by atoms with Crippen LogP contribution in [0.5, 0.6) is 0 Å². The molecule has 1 atom stereocenters. The molecule has 2 heterocycles. The van der Waals surface area contributed by atoms with Gasteiger partial charge >= 0.3 is 0 Å². The van der Waals surface area contributed by atoms with Gasteiger partial charge in [0.1, 0.15) is 4.90 Å². The number of sulfonamides is 1. The van der Waals surface area contributed by atoms with Gasteiger partial charge in [-0.3, -0.25) is 5.10 Å². The highest BCUT2D eigenvalue weighted by atomic mass is 32.2. The summed E-state index contributed by atoms with van der Waals surface area (Å²) in [4.78, 5) is 0.326. The normalized spacial score (nSPS) is 22.9. The Morgan fingerprint density at radius 3 is 2.65 bits per heavy atom. The zero-order valence-electron chi connectivity index (χ0n) is 10.3. The molecule has 1 aromatic heterocycles. The van der Waals surface area contributed by atoms with E-state index in [1.807, 2.05) is 6.92 Å². The second kappa shape index (κ2) is 4.40. The van der Waals surface area contributed by atoms with Crippen LogP contribution in [0.25, 0.3) is 0 Å². The Kier molecular flexibility index (Phi) is 3.24. The van der Waals surface area contributed by atoms with Gasteiger partial charge in [-0.05, 0) is 20.8 Å². The molecule has 0 amide bonds. The molecule has 1 aliphatic rings. The highest BCUT2D eigenvalue weighted by Crippen LogP contribution is 2.22. The number of hydrogen-bond acceptors (Lipinski definition) is 4. The highest BCUT2D eigenvalue weighted by molar-refractivity contribution is 7.89. The summed E-state index contributed by atoms with van der Waals surface area (Å²) in [7, 11) is -3.41. The number of piperazine rings is 1. The van der Waals surface area contributed by atoms with Crippen molar-refractivity contribution in [1.29, 1.82) is 0 Å². The van der Waals surface area contributed by atoms with Gasteiger partial charge in [-0.15, -0.1) is 0 Å². The van der Waals surface area contributed by atoms with E-state index in [-0.39, 0.29) is 6.04 Å². The lowest BCUT2D eigenvalue weighted by Gasteiger charge is -2.31. The summed E-state index contributed by atoms with van der Waals surface area (Å²) in [5.74, 6) is 0. The third-order valence-corrected chi connectivity index (χ3v) is 5.12. The fourth-order valence-corrected chi connectivity index (χ4v) is 4.03. The first kappa shape index (κ1) is 12.5. The van der Waals surface area contributed by atoms with E-state index in [1.54, 1.807) is 13.8 Å². The van der Waals surface area contributed by atoms with Gasteiger partial charge in [0, 0.05) is 25.7 Å². The number of nitrogens with zero attached hydrogens (tertiary/aromatic N) is 2. The molecule has 0 aliphatic carbocycles. The predicted octanol–water partition coefficient (Wildman–Crippen LogP) is 0.00894. The second-order valence-corrected chi connectivity index (χ2v) is 6.36. The van der Waals surface area contributed by atoms with Crippen molar-refractivity contribution < 1.29 is 8.42 Å². The molecule has 1 aromatic rings. The zero-order chi connectivity index (χ0) is 12.6. The maximum atomic E-state index is 12.5. The van der Waals surface area contributed by atoms with Crippen LogP contribution in [0.15, 0.2) is 4.90 Å². The Labute approximate surface area is 101 Å². The Morgan fingerprint density at radius 2 is 2.12 bits per heavy atom. The SMILES string of the molecule is Cc1n[nH]c(C)c1S(=O)(=O)N1CCNC(C)C1. The molecule has 0 aromatic carbocycles. The first-order valence-corrected chi connectivity index (χ1v) is 7.12. The van der Waals surface area contributed by atoms with Crippen LogP contribution in [-0.2, 0) is 10.0 Å². The van der Waals surface area contributed by atoms with Gasteiger partial charge in [-0.2, -0.15) is 9.40 Å². The van der Waals surface area contributed by atoms with Gasteiger partial charge in [0.15, 0.2) is 0 Å². The molecule has 0 radical (unpaired) electrons. The van der Waals surface area contributed by atoms with Gasteiger partial charge in [0.05, 0.1) is 11.4 Å². The maximum Gasteiger partial charge on any atom is 0.246 e. The molecule has 7 heteroatoms. The standard InChI is InChI=1S/C10H18N4O2S/c1-7-6-14(5-4-11-7)17(15,16)10-8(2)12-13-9(10)3/h7,11H,4-6H2,1-3H3,(H,12,13). The fourth-order valence-electron chi connectivity index (χ4n) is 2.17. The van der Waals surface area contributed by atoms with E-state index in [2.05, 4.69) is 15.5 Å². The number of hydrogen-bond donors (Lipinski definition) is 2. The van der Waals surface area contributed by atoms with Crippen LogP contribution in [0.1, 0.15) is 18.3 Å². The van der Waals surface area contributed by atoms with Gasteiger partial charge in [-0.25, -0.2) is 8.42 Å². The quantitative estimate of drug-likeness (QED) is 0.783. The topological polar surface area (TPSA) is 78.1 Å². The van der Waals surface area contributed by atoms with Crippen molar-refractivity contribution in [2.45, 2.75) is 31.7 Å². The third kappa shape index (κ3) is 2.22. The summed E-state index contributed by atoms with van der Waals surface area (Å²) in [5.41, 5.74) is 1.14. The Balaban J connectivity index is 2.36. The van der Waals surface area contributed by atoms with Crippen molar-refractivity contribution in [2.75, 3.05) is 19.6 Å². The van der Waals surface area contributed by atoms with Crippen molar-refractivity contribution in [3.63, 3.8) is 0 Å². The number of nitrogens with one attached hydrogen (secondary N) is 2. The van der Waals surface area contributed by atoms with E-state index in [4.69, 9.17) is 0 Å². The molecule has 0 bridgehead atoms. The minimum atomic E-state index is -3.41.